The van der Waals surface area contributed by atoms with Crippen molar-refractivity contribution in [2.24, 2.45) is 0 Å². The SMILES string of the molecule is COC(O)C[n+]1csc(CCOC(C)=O)c1C.[Br-]. The van der Waals surface area contributed by atoms with Crippen LogP contribution in [0.15, 0.2) is 5.51 Å². The molecule has 104 valence electrons. The molecule has 0 saturated heterocycles. The summed E-state index contributed by atoms with van der Waals surface area (Å²) in [7, 11) is 1.47. The summed E-state index contributed by atoms with van der Waals surface area (Å²) in [6.45, 7) is 4.17. The molecule has 1 rings (SSSR count). The number of hydrogen-bond acceptors (Lipinski definition) is 5. The van der Waals surface area contributed by atoms with E-state index in [-0.39, 0.29) is 23.0 Å². The van der Waals surface area contributed by atoms with Gasteiger partial charge in [-0.1, -0.05) is 11.3 Å². The molecular weight excluding hydrogens is 322 g/mol. The van der Waals surface area contributed by atoms with Gasteiger partial charge in [0, 0.05) is 27.4 Å². The molecule has 1 atom stereocenters. The second-order valence-corrected chi connectivity index (χ2v) is 4.60. The van der Waals surface area contributed by atoms with Gasteiger partial charge in [-0.05, 0) is 0 Å². The van der Waals surface area contributed by atoms with E-state index in [2.05, 4.69) is 0 Å². The van der Waals surface area contributed by atoms with E-state index in [0.29, 0.717) is 19.6 Å². The molecule has 7 heteroatoms. The van der Waals surface area contributed by atoms with E-state index in [1.165, 1.54) is 14.0 Å². The van der Waals surface area contributed by atoms with E-state index in [0.717, 1.165) is 10.6 Å². The average Bonchev–Trinajstić information content (AvgIpc) is 2.61. The van der Waals surface area contributed by atoms with Crippen molar-refractivity contribution in [3.8, 4) is 0 Å². The molecule has 1 aromatic rings. The highest BCUT2D eigenvalue weighted by Gasteiger charge is 2.18. The van der Waals surface area contributed by atoms with Crippen molar-refractivity contribution in [3.63, 3.8) is 0 Å². The number of halogens is 1. The molecule has 18 heavy (non-hydrogen) atoms. The van der Waals surface area contributed by atoms with Crippen LogP contribution in [0.1, 0.15) is 17.5 Å². The van der Waals surface area contributed by atoms with Gasteiger partial charge in [0.2, 0.25) is 11.8 Å². The normalized spacial score (nSPS) is 11.8. The maximum Gasteiger partial charge on any atom is 0.302 e. The Morgan fingerprint density at radius 3 is 2.83 bits per heavy atom. The van der Waals surface area contributed by atoms with Crippen molar-refractivity contribution in [1.82, 2.24) is 0 Å². The summed E-state index contributed by atoms with van der Waals surface area (Å²) >= 11 is 1.59. The molecule has 0 amide bonds. The first-order chi connectivity index (χ1) is 8.04. The first-order valence-electron chi connectivity index (χ1n) is 5.35. The summed E-state index contributed by atoms with van der Waals surface area (Å²) < 4.78 is 11.6. The van der Waals surface area contributed by atoms with Crippen molar-refractivity contribution in [1.29, 1.82) is 0 Å². The minimum absolute atomic E-state index is 0. The van der Waals surface area contributed by atoms with Gasteiger partial charge in [-0.15, -0.1) is 0 Å². The highest BCUT2D eigenvalue weighted by Crippen LogP contribution is 2.12. The molecule has 0 saturated carbocycles. The zero-order chi connectivity index (χ0) is 12.8. The van der Waals surface area contributed by atoms with Gasteiger partial charge < -0.3 is 31.6 Å². The third-order valence-electron chi connectivity index (χ3n) is 2.42. The predicted molar refractivity (Wildman–Crippen MR) is 62.6 cm³/mol. The monoisotopic (exact) mass is 339 g/mol. The lowest BCUT2D eigenvalue weighted by Crippen LogP contribution is -3.00. The summed E-state index contributed by atoms with van der Waals surface area (Å²) in [5.41, 5.74) is 3.00. The van der Waals surface area contributed by atoms with Crippen LogP contribution in [0.4, 0.5) is 0 Å². The molecular formula is C11H18BrNO4S. The Bertz CT molecular complexity index is 383. The van der Waals surface area contributed by atoms with Crippen molar-refractivity contribution < 1.29 is 40.9 Å². The number of aromatic nitrogens is 1. The molecule has 1 heterocycles. The Balaban J connectivity index is 0.00000289. The molecule has 0 aliphatic heterocycles. The highest BCUT2D eigenvalue weighted by atomic mass is 79.9. The lowest BCUT2D eigenvalue weighted by Gasteiger charge is -2.03. The smallest absolute Gasteiger partial charge is 0.302 e. The van der Waals surface area contributed by atoms with Gasteiger partial charge >= 0.3 is 5.97 Å². The van der Waals surface area contributed by atoms with Crippen LogP contribution in [0.5, 0.6) is 0 Å². The second kappa shape index (κ2) is 8.58. The fourth-order valence-corrected chi connectivity index (χ4v) is 2.39. The Morgan fingerprint density at radius 2 is 2.28 bits per heavy atom. The fourth-order valence-electron chi connectivity index (χ4n) is 1.40. The number of aliphatic hydroxyl groups is 1. The molecule has 1 N–H and O–H groups in total. The largest absolute Gasteiger partial charge is 1.00 e. The lowest BCUT2D eigenvalue weighted by atomic mass is 10.3. The molecule has 0 bridgehead atoms. The lowest BCUT2D eigenvalue weighted by molar-refractivity contribution is -0.711. The minimum Gasteiger partial charge on any atom is -1.00 e. The molecule has 0 radical (unpaired) electrons. The number of carbonyl (C=O) groups excluding carboxylic acids is 1. The number of carbonyl (C=O) groups is 1. The molecule has 0 fully saturated rings. The van der Waals surface area contributed by atoms with Crippen molar-refractivity contribution in [2.75, 3.05) is 13.7 Å². The third-order valence-corrected chi connectivity index (χ3v) is 3.56. The van der Waals surface area contributed by atoms with Crippen molar-refractivity contribution >= 4 is 17.3 Å². The van der Waals surface area contributed by atoms with E-state index in [4.69, 9.17) is 9.47 Å². The van der Waals surface area contributed by atoms with Crippen LogP contribution in [0.25, 0.3) is 0 Å². The summed E-state index contributed by atoms with van der Waals surface area (Å²) in [6, 6.07) is 0. The number of thiazole rings is 1. The van der Waals surface area contributed by atoms with Crippen LogP contribution in [0, 0.1) is 6.92 Å². The van der Waals surface area contributed by atoms with Crippen molar-refractivity contribution in [2.45, 2.75) is 33.1 Å². The van der Waals surface area contributed by atoms with E-state index in [1.54, 1.807) is 11.3 Å². The van der Waals surface area contributed by atoms with Crippen LogP contribution in [0.2, 0.25) is 0 Å². The summed E-state index contributed by atoms with van der Waals surface area (Å²) in [6.07, 6.45) is -0.0961. The third kappa shape index (κ3) is 5.43. The van der Waals surface area contributed by atoms with E-state index in [9.17, 15) is 9.90 Å². The zero-order valence-corrected chi connectivity index (χ0v) is 13.1. The Morgan fingerprint density at radius 1 is 1.61 bits per heavy atom. The van der Waals surface area contributed by atoms with Crippen molar-refractivity contribution in [3.05, 3.63) is 16.1 Å². The quantitative estimate of drug-likeness (QED) is 0.351. The van der Waals surface area contributed by atoms with E-state index < -0.39 is 6.29 Å². The molecule has 0 aliphatic carbocycles. The topological polar surface area (TPSA) is 59.6 Å². The van der Waals surface area contributed by atoms with Crippen LogP contribution in [-0.4, -0.2) is 31.1 Å². The Labute approximate surface area is 121 Å². The first kappa shape index (κ1) is 17.5. The van der Waals surface area contributed by atoms with Gasteiger partial charge in [0.1, 0.15) is 0 Å². The van der Waals surface area contributed by atoms with Gasteiger partial charge in [0.05, 0.1) is 11.5 Å². The molecule has 0 aliphatic rings. The van der Waals surface area contributed by atoms with Crippen LogP contribution in [0.3, 0.4) is 0 Å². The standard InChI is InChI=1S/C11H18NO4S.BrH/c1-8-10(4-5-16-9(2)13)17-7-12(8)6-11(14)15-3;/h7,11,14H,4-6H2,1-3H3;1H/q+1;/p-1. The maximum absolute atomic E-state index is 10.6. The minimum atomic E-state index is -0.797. The molecule has 5 nitrogen and oxygen atoms in total. The van der Waals surface area contributed by atoms with Gasteiger partial charge in [-0.2, -0.15) is 4.57 Å². The van der Waals surface area contributed by atoms with Crippen LogP contribution >= 0.6 is 11.3 Å². The summed E-state index contributed by atoms with van der Waals surface area (Å²) in [5.74, 6) is -0.262. The average molecular weight is 340 g/mol. The number of rotatable bonds is 6. The molecule has 1 aromatic heterocycles. The van der Waals surface area contributed by atoms with E-state index >= 15 is 0 Å². The van der Waals surface area contributed by atoms with Crippen LogP contribution in [-0.2, 0) is 27.2 Å². The van der Waals surface area contributed by atoms with Gasteiger partial charge in [-0.25, -0.2) is 0 Å². The highest BCUT2D eigenvalue weighted by molar-refractivity contribution is 7.09. The van der Waals surface area contributed by atoms with Gasteiger partial charge in [0.25, 0.3) is 0 Å². The predicted octanol–water partition coefficient (Wildman–Crippen LogP) is -2.58. The number of ether oxygens (including phenoxy) is 2. The second-order valence-electron chi connectivity index (χ2n) is 3.66. The van der Waals surface area contributed by atoms with Gasteiger partial charge in [-0.3, -0.25) is 4.79 Å². The summed E-state index contributed by atoms with van der Waals surface area (Å²) in [4.78, 5) is 11.8. The fraction of sp³-hybridized carbons (Fsp3) is 0.636. The van der Waals surface area contributed by atoms with Crippen LogP contribution < -0.4 is 21.5 Å². The number of aliphatic hydroxyl groups excluding tert-OH is 1. The van der Waals surface area contributed by atoms with E-state index in [1.807, 2.05) is 17.0 Å². The first-order valence-corrected chi connectivity index (χ1v) is 6.23. The number of hydrogen-bond donors (Lipinski definition) is 1. The molecule has 0 aromatic carbocycles. The molecule has 0 spiro atoms. The Kier molecular flexibility index (Phi) is 8.34. The number of nitrogens with zero attached hydrogens (tertiary/aromatic N) is 1. The Hall–Kier alpha value is -0.500. The maximum atomic E-state index is 10.6. The van der Waals surface area contributed by atoms with Gasteiger partial charge in [0.15, 0.2) is 12.2 Å². The molecule has 1 unspecified atom stereocenters. The number of methoxy groups -OCH3 is 1. The summed E-state index contributed by atoms with van der Waals surface area (Å²) in [5, 5.41) is 9.39. The zero-order valence-electron chi connectivity index (χ0n) is 10.7. The number of esters is 1.